The van der Waals surface area contributed by atoms with Gasteiger partial charge < -0.3 is 14.5 Å². The summed E-state index contributed by atoms with van der Waals surface area (Å²) in [7, 11) is 0. The lowest BCUT2D eigenvalue weighted by atomic mass is 10.0. The summed E-state index contributed by atoms with van der Waals surface area (Å²) in [6.07, 6.45) is 0. The highest BCUT2D eigenvalue weighted by molar-refractivity contribution is 9.10. The summed E-state index contributed by atoms with van der Waals surface area (Å²) < 4.78 is 11.7. The van der Waals surface area contributed by atoms with Crippen molar-refractivity contribution in [3.63, 3.8) is 0 Å². The number of fused-ring (bicyclic) bond motifs is 1. The van der Waals surface area contributed by atoms with Crippen LogP contribution in [0.1, 0.15) is 0 Å². The van der Waals surface area contributed by atoms with E-state index >= 15 is 0 Å². The molecule has 7 heteroatoms. The molecule has 1 amide bonds. The average Bonchev–Trinajstić information content (AvgIpc) is 2.74. The summed E-state index contributed by atoms with van der Waals surface area (Å²) in [4.78, 5) is 24.2. The quantitative estimate of drug-likeness (QED) is 0.358. The lowest BCUT2D eigenvalue weighted by Gasteiger charge is -2.10. The van der Waals surface area contributed by atoms with Gasteiger partial charge in [-0.3, -0.25) is 4.79 Å². The molecule has 0 fully saturated rings. The molecule has 0 aliphatic carbocycles. The van der Waals surface area contributed by atoms with E-state index in [9.17, 15) is 9.59 Å². The molecule has 0 unspecified atom stereocenters. The summed E-state index contributed by atoms with van der Waals surface area (Å²) in [5.41, 5.74) is 2.10. The molecule has 1 heterocycles. The molecule has 1 N–H and O–H groups in total. The molecule has 0 saturated carbocycles. The van der Waals surface area contributed by atoms with Crippen LogP contribution in [0.25, 0.3) is 22.1 Å². The van der Waals surface area contributed by atoms with E-state index in [1.807, 2.05) is 30.3 Å². The first-order chi connectivity index (χ1) is 14.5. The van der Waals surface area contributed by atoms with E-state index in [0.717, 1.165) is 21.0 Å². The van der Waals surface area contributed by atoms with E-state index in [0.29, 0.717) is 22.0 Å². The van der Waals surface area contributed by atoms with Crippen molar-refractivity contribution in [1.29, 1.82) is 0 Å². The Morgan fingerprint density at radius 3 is 2.60 bits per heavy atom. The van der Waals surface area contributed by atoms with E-state index in [4.69, 9.17) is 20.8 Å². The van der Waals surface area contributed by atoms with Gasteiger partial charge in [-0.25, -0.2) is 4.79 Å². The Morgan fingerprint density at radius 2 is 1.83 bits per heavy atom. The second-order valence-corrected chi connectivity index (χ2v) is 7.79. The number of carbonyl (C=O) groups is 1. The van der Waals surface area contributed by atoms with Gasteiger partial charge in [0.25, 0.3) is 5.91 Å². The van der Waals surface area contributed by atoms with Gasteiger partial charge in [0.2, 0.25) is 0 Å². The van der Waals surface area contributed by atoms with Crippen molar-refractivity contribution >= 4 is 50.1 Å². The van der Waals surface area contributed by atoms with Crippen molar-refractivity contribution < 1.29 is 13.9 Å². The molecule has 4 aromatic rings. The van der Waals surface area contributed by atoms with Crippen LogP contribution in [0.15, 0.2) is 86.5 Å². The van der Waals surface area contributed by atoms with Crippen LogP contribution >= 0.6 is 27.5 Å². The van der Waals surface area contributed by atoms with Crippen LogP contribution in [-0.2, 0) is 4.79 Å². The van der Waals surface area contributed by atoms with Gasteiger partial charge in [-0.1, -0.05) is 57.9 Å². The fraction of sp³-hybridized carbons (Fsp3) is 0.0435. The van der Waals surface area contributed by atoms with Crippen LogP contribution in [0.3, 0.4) is 0 Å². The minimum Gasteiger partial charge on any atom is -0.484 e. The number of ether oxygens (including phenoxy) is 1. The van der Waals surface area contributed by atoms with E-state index in [2.05, 4.69) is 21.2 Å². The van der Waals surface area contributed by atoms with Crippen LogP contribution in [0.2, 0.25) is 5.02 Å². The number of nitrogens with one attached hydrogen (secondary N) is 1. The number of carbonyl (C=O) groups excluding carboxylic acids is 1. The largest absolute Gasteiger partial charge is 0.484 e. The molecular weight excluding hydrogens is 470 g/mol. The summed E-state index contributed by atoms with van der Waals surface area (Å²) in [6, 6.07) is 21.3. The molecule has 0 aliphatic heterocycles. The Morgan fingerprint density at radius 1 is 1.03 bits per heavy atom. The number of hydrogen-bond acceptors (Lipinski definition) is 4. The second kappa shape index (κ2) is 8.73. The summed E-state index contributed by atoms with van der Waals surface area (Å²) in [6.45, 7) is -0.222. The first kappa shape index (κ1) is 20.2. The Bertz CT molecular complexity index is 1290. The van der Waals surface area contributed by atoms with Gasteiger partial charge >= 0.3 is 5.63 Å². The van der Waals surface area contributed by atoms with E-state index in [1.54, 1.807) is 36.4 Å². The molecule has 0 spiro atoms. The summed E-state index contributed by atoms with van der Waals surface area (Å²) in [5.74, 6) is 0.0479. The van der Waals surface area contributed by atoms with Gasteiger partial charge in [0.1, 0.15) is 11.3 Å². The maximum absolute atomic E-state index is 12.2. The van der Waals surface area contributed by atoms with Gasteiger partial charge in [0.05, 0.1) is 10.7 Å². The lowest BCUT2D eigenvalue weighted by molar-refractivity contribution is -0.118. The van der Waals surface area contributed by atoms with Crippen molar-refractivity contribution in [3.05, 3.63) is 92.7 Å². The third-order valence-electron chi connectivity index (χ3n) is 4.38. The SMILES string of the molecule is O=C(COc1ccc2c(-c3ccccc3)cc(=O)oc2c1)Nc1ccc(Br)cc1Cl. The van der Waals surface area contributed by atoms with Gasteiger partial charge in [-0.05, 0) is 41.5 Å². The maximum Gasteiger partial charge on any atom is 0.336 e. The molecule has 0 bridgehead atoms. The molecular formula is C23H15BrClNO4. The number of hydrogen-bond donors (Lipinski definition) is 1. The maximum atomic E-state index is 12.2. The fourth-order valence-corrected chi connectivity index (χ4v) is 3.74. The minimum atomic E-state index is -0.457. The Balaban J connectivity index is 1.53. The van der Waals surface area contributed by atoms with Crippen LogP contribution in [0, 0.1) is 0 Å². The van der Waals surface area contributed by atoms with Crippen LogP contribution < -0.4 is 15.7 Å². The predicted octanol–water partition coefficient (Wildman–Crippen LogP) is 5.89. The fourth-order valence-electron chi connectivity index (χ4n) is 3.02. The van der Waals surface area contributed by atoms with Crippen LogP contribution in [0.5, 0.6) is 5.75 Å². The number of halogens is 2. The monoisotopic (exact) mass is 483 g/mol. The predicted molar refractivity (Wildman–Crippen MR) is 121 cm³/mol. The van der Waals surface area contributed by atoms with Gasteiger partial charge in [-0.2, -0.15) is 0 Å². The van der Waals surface area contributed by atoms with Crippen molar-refractivity contribution in [2.24, 2.45) is 0 Å². The topological polar surface area (TPSA) is 68.5 Å². The third kappa shape index (κ3) is 4.56. The number of rotatable bonds is 5. The third-order valence-corrected chi connectivity index (χ3v) is 5.18. The summed E-state index contributed by atoms with van der Waals surface area (Å²) in [5, 5.41) is 3.89. The van der Waals surface area contributed by atoms with E-state index in [1.165, 1.54) is 6.07 Å². The molecule has 4 rings (SSSR count). The Kier molecular flexibility index (Phi) is 5.88. The normalized spacial score (nSPS) is 10.7. The Labute approximate surface area is 185 Å². The number of benzene rings is 3. The molecule has 0 aliphatic rings. The van der Waals surface area contributed by atoms with Crippen molar-refractivity contribution in [2.75, 3.05) is 11.9 Å². The van der Waals surface area contributed by atoms with Crippen molar-refractivity contribution in [1.82, 2.24) is 0 Å². The highest BCUT2D eigenvalue weighted by atomic mass is 79.9. The van der Waals surface area contributed by atoms with E-state index < -0.39 is 5.63 Å². The molecule has 0 saturated heterocycles. The zero-order chi connectivity index (χ0) is 21.1. The molecule has 3 aromatic carbocycles. The standard InChI is InChI=1S/C23H15BrClNO4/c24-15-6-9-20(19(25)10-15)26-22(27)13-29-16-7-8-17-18(14-4-2-1-3-5-14)12-23(28)30-21(17)11-16/h1-12H,13H2,(H,26,27). The lowest BCUT2D eigenvalue weighted by Crippen LogP contribution is -2.20. The first-order valence-corrected chi connectivity index (χ1v) is 10.2. The van der Waals surface area contributed by atoms with Gasteiger partial charge in [-0.15, -0.1) is 0 Å². The minimum absolute atomic E-state index is 0.222. The molecule has 150 valence electrons. The molecule has 1 aromatic heterocycles. The van der Waals surface area contributed by atoms with E-state index in [-0.39, 0.29) is 12.5 Å². The Hall–Kier alpha value is -3.09. The first-order valence-electron chi connectivity index (χ1n) is 9.00. The summed E-state index contributed by atoms with van der Waals surface area (Å²) >= 11 is 9.42. The van der Waals surface area contributed by atoms with Crippen LogP contribution in [-0.4, -0.2) is 12.5 Å². The number of anilines is 1. The number of amides is 1. The van der Waals surface area contributed by atoms with Crippen molar-refractivity contribution in [2.45, 2.75) is 0 Å². The van der Waals surface area contributed by atoms with Gasteiger partial charge in [0.15, 0.2) is 6.61 Å². The highest BCUT2D eigenvalue weighted by Gasteiger charge is 2.11. The molecule has 5 nitrogen and oxygen atoms in total. The molecule has 0 radical (unpaired) electrons. The zero-order valence-corrected chi connectivity index (χ0v) is 17.9. The average molecular weight is 485 g/mol. The second-order valence-electron chi connectivity index (χ2n) is 6.46. The smallest absolute Gasteiger partial charge is 0.336 e. The molecule has 30 heavy (non-hydrogen) atoms. The van der Waals surface area contributed by atoms with Crippen LogP contribution in [0.4, 0.5) is 5.69 Å². The van der Waals surface area contributed by atoms with Crippen molar-refractivity contribution in [3.8, 4) is 16.9 Å². The molecule has 0 atom stereocenters. The van der Waals surface area contributed by atoms with Gasteiger partial charge in [0, 0.05) is 22.0 Å². The zero-order valence-electron chi connectivity index (χ0n) is 15.5. The highest BCUT2D eigenvalue weighted by Crippen LogP contribution is 2.30.